The van der Waals surface area contributed by atoms with Crippen LogP contribution < -0.4 is 16.6 Å². The van der Waals surface area contributed by atoms with E-state index in [1.54, 1.807) is 18.4 Å². The lowest BCUT2D eigenvalue weighted by molar-refractivity contribution is 0.203. The van der Waals surface area contributed by atoms with Crippen LogP contribution in [0.2, 0.25) is 0 Å². The zero-order chi connectivity index (χ0) is 11.8. The van der Waals surface area contributed by atoms with E-state index >= 15 is 0 Å². The lowest BCUT2D eigenvalue weighted by Gasteiger charge is -2.08. The summed E-state index contributed by atoms with van der Waals surface area (Å²) in [6, 6.07) is 2.09. The summed E-state index contributed by atoms with van der Waals surface area (Å²) in [5.41, 5.74) is 3.80. The number of methoxy groups -OCH3 is 1. The number of ether oxygens (including phenoxy) is 1. The quantitative estimate of drug-likeness (QED) is 0.233. The number of thiophene rings is 1. The van der Waals surface area contributed by atoms with E-state index in [1.165, 1.54) is 10.4 Å². The van der Waals surface area contributed by atoms with Crippen molar-refractivity contribution < 1.29 is 4.74 Å². The van der Waals surface area contributed by atoms with Crippen LogP contribution in [-0.2, 0) is 11.3 Å². The first-order chi connectivity index (χ1) is 7.77. The van der Waals surface area contributed by atoms with Gasteiger partial charge in [0.05, 0.1) is 13.2 Å². The molecule has 0 aliphatic carbocycles. The van der Waals surface area contributed by atoms with Crippen LogP contribution in [0.3, 0.4) is 0 Å². The summed E-state index contributed by atoms with van der Waals surface area (Å²) in [6.45, 7) is 4.03. The van der Waals surface area contributed by atoms with Crippen LogP contribution in [0.25, 0.3) is 0 Å². The largest absolute Gasteiger partial charge is 0.383 e. The molecule has 0 bridgehead atoms. The molecular formula is C10H18N4OS. The van der Waals surface area contributed by atoms with Gasteiger partial charge in [-0.15, -0.1) is 11.3 Å². The molecule has 0 spiro atoms. The van der Waals surface area contributed by atoms with Crippen LogP contribution in [0.1, 0.15) is 10.4 Å². The van der Waals surface area contributed by atoms with Gasteiger partial charge in [-0.3, -0.25) is 5.43 Å². The van der Waals surface area contributed by atoms with E-state index in [2.05, 4.69) is 34.1 Å². The van der Waals surface area contributed by atoms with Crippen molar-refractivity contribution in [2.75, 3.05) is 20.3 Å². The van der Waals surface area contributed by atoms with Gasteiger partial charge < -0.3 is 10.1 Å². The fraction of sp³-hybridized carbons (Fsp3) is 0.500. The van der Waals surface area contributed by atoms with Crippen molar-refractivity contribution in [3.63, 3.8) is 0 Å². The highest BCUT2D eigenvalue weighted by molar-refractivity contribution is 7.10. The number of nitrogens with zero attached hydrogens (tertiary/aromatic N) is 1. The SMILES string of the molecule is COCCNC(=NCc1sccc1C)NN. The number of rotatable bonds is 5. The Morgan fingerprint density at radius 2 is 2.44 bits per heavy atom. The summed E-state index contributed by atoms with van der Waals surface area (Å²) in [5, 5.41) is 5.11. The molecule has 0 radical (unpaired) electrons. The molecule has 0 aliphatic rings. The van der Waals surface area contributed by atoms with Crippen LogP contribution in [-0.4, -0.2) is 26.2 Å². The summed E-state index contributed by atoms with van der Waals surface area (Å²) in [4.78, 5) is 5.59. The summed E-state index contributed by atoms with van der Waals surface area (Å²) in [5.74, 6) is 5.94. The van der Waals surface area contributed by atoms with Crippen molar-refractivity contribution in [1.29, 1.82) is 0 Å². The lowest BCUT2D eigenvalue weighted by Crippen LogP contribution is -2.42. The first kappa shape index (κ1) is 13.0. The molecule has 1 aromatic heterocycles. The second-order valence-corrected chi connectivity index (χ2v) is 4.26. The standard InChI is InChI=1S/C10H18N4OS/c1-8-3-6-16-9(8)7-13-10(14-11)12-4-5-15-2/h3,6H,4-5,7,11H2,1-2H3,(H2,12,13,14). The molecule has 90 valence electrons. The van der Waals surface area contributed by atoms with Gasteiger partial charge in [-0.2, -0.15) is 0 Å². The molecule has 0 aliphatic heterocycles. The number of hydrazine groups is 1. The topological polar surface area (TPSA) is 71.7 Å². The van der Waals surface area contributed by atoms with E-state index in [4.69, 9.17) is 10.6 Å². The first-order valence-corrected chi connectivity index (χ1v) is 5.92. The molecule has 1 rings (SSSR count). The number of aryl methyl sites for hydroxylation is 1. The minimum Gasteiger partial charge on any atom is -0.383 e. The highest BCUT2D eigenvalue weighted by Gasteiger charge is 1.99. The Labute approximate surface area is 99.7 Å². The van der Waals surface area contributed by atoms with Crippen LogP contribution in [0.4, 0.5) is 0 Å². The molecule has 0 unspecified atom stereocenters. The van der Waals surface area contributed by atoms with Gasteiger partial charge in [0.2, 0.25) is 5.96 Å². The molecule has 0 saturated heterocycles. The number of hydrogen-bond acceptors (Lipinski definition) is 4. The minimum absolute atomic E-state index is 0.588. The van der Waals surface area contributed by atoms with Crippen molar-refractivity contribution in [2.24, 2.45) is 10.8 Å². The Morgan fingerprint density at radius 3 is 3.00 bits per heavy atom. The maximum absolute atomic E-state index is 5.35. The summed E-state index contributed by atoms with van der Waals surface area (Å²) >= 11 is 1.70. The van der Waals surface area contributed by atoms with Crippen LogP contribution in [0, 0.1) is 6.92 Å². The van der Waals surface area contributed by atoms with Gasteiger partial charge in [0, 0.05) is 18.5 Å². The Hall–Kier alpha value is -1.11. The summed E-state index contributed by atoms with van der Waals surface area (Å²) in [7, 11) is 1.66. The molecule has 5 nitrogen and oxygen atoms in total. The van der Waals surface area contributed by atoms with Gasteiger partial charge in [-0.1, -0.05) is 0 Å². The zero-order valence-corrected chi connectivity index (χ0v) is 10.4. The zero-order valence-electron chi connectivity index (χ0n) is 9.62. The molecule has 0 amide bonds. The molecule has 0 fully saturated rings. The maximum atomic E-state index is 5.35. The smallest absolute Gasteiger partial charge is 0.206 e. The van der Waals surface area contributed by atoms with Gasteiger partial charge in [0.25, 0.3) is 0 Å². The molecule has 0 aromatic carbocycles. The molecule has 1 heterocycles. The van der Waals surface area contributed by atoms with E-state index in [1.807, 2.05) is 0 Å². The van der Waals surface area contributed by atoms with Gasteiger partial charge in [0.1, 0.15) is 0 Å². The van der Waals surface area contributed by atoms with Crippen molar-refractivity contribution >= 4 is 17.3 Å². The summed E-state index contributed by atoms with van der Waals surface area (Å²) < 4.78 is 4.92. The Kier molecular flexibility index (Phi) is 5.84. The number of hydrogen-bond donors (Lipinski definition) is 3. The van der Waals surface area contributed by atoms with Gasteiger partial charge in [-0.25, -0.2) is 10.8 Å². The van der Waals surface area contributed by atoms with E-state index in [0.29, 0.717) is 25.7 Å². The molecule has 6 heteroatoms. The van der Waals surface area contributed by atoms with Crippen molar-refractivity contribution in [3.8, 4) is 0 Å². The number of nitrogens with one attached hydrogen (secondary N) is 2. The third-order valence-electron chi connectivity index (χ3n) is 2.08. The highest BCUT2D eigenvalue weighted by Crippen LogP contribution is 2.16. The van der Waals surface area contributed by atoms with Crippen LogP contribution in [0.15, 0.2) is 16.4 Å². The second kappa shape index (κ2) is 7.21. The maximum Gasteiger partial charge on any atom is 0.206 e. The van der Waals surface area contributed by atoms with Gasteiger partial charge in [0.15, 0.2) is 0 Å². The van der Waals surface area contributed by atoms with Crippen LogP contribution in [0.5, 0.6) is 0 Å². The summed E-state index contributed by atoms with van der Waals surface area (Å²) in [6.07, 6.45) is 0. The average molecular weight is 242 g/mol. The predicted octanol–water partition coefficient (Wildman–Crippen LogP) is 0.612. The fourth-order valence-electron chi connectivity index (χ4n) is 1.14. The van der Waals surface area contributed by atoms with Crippen molar-refractivity contribution in [2.45, 2.75) is 13.5 Å². The van der Waals surface area contributed by atoms with Crippen molar-refractivity contribution in [1.82, 2.24) is 10.7 Å². The third-order valence-corrected chi connectivity index (χ3v) is 3.09. The van der Waals surface area contributed by atoms with Crippen LogP contribution >= 0.6 is 11.3 Å². The Balaban J connectivity index is 2.43. The molecule has 0 atom stereocenters. The minimum atomic E-state index is 0.588. The van der Waals surface area contributed by atoms with E-state index < -0.39 is 0 Å². The Morgan fingerprint density at radius 1 is 1.62 bits per heavy atom. The molecule has 0 saturated carbocycles. The predicted molar refractivity (Wildman–Crippen MR) is 67.4 cm³/mol. The number of guanidine groups is 1. The van der Waals surface area contributed by atoms with E-state index in [9.17, 15) is 0 Å². The van der Waals surface area contributed by atoms with Crippen molar-refractivity contribution in [3.05, 3.63) is 21.9 Å². The monoisotopic (exact) mass is 242 g/mol. The molecular weight excluding hydrogens is 224 g/mol. The van der Waals surface area contributed by atoms with E-state index in [0.717, 1.165) is 0 Å². The molecule has 1 aromatic rings. The normalized spacial score (nSPS) is 11.6. The van der Waals surface area contributed by atoms with Gasteiger partial charge in [-0.05, 0) is 23.9 Å². The second-order valence-electron chi connectivity index (χ2n) is 3.26. The number of aliphatic imine (C=N–C) groups is 1. The van der Waals surface area contributed by atoms with E-state index in [-0.39, 0.29) is 0 Å². The highest BCUT2D eigenvalue weighted by atomic mass is 32.1. The van der Waals surface area contributed by atoms with Gasteiger partial charge >= 0.3 is 0 Å². The first-order valence-electron chi connectivity index (χ1n) is 5.04. The fourth-order valence-corrected chi connectivity index (χ4v) is 1.97. The third kappa shape index (κ3) is 4.18. The average Bonchev–Trinajstić information content (AvgIpc) is 2.69. The Bertz CT molecular complexity index is 337. The molecule has 16 heavy (non-hydrogen) atoms. The molecule has 4 N–H and O–H groups in total. The number of nitrogens with two attached hydrogens (primary N) is 1. The lowest BCUT2D eigenvalue weighted by atomic mass is 10.3.